The molecule has 2 heterocycles. The maximum atomic E-state index is 13.6. The molecule has 0 aliphatic carbocycles. The van der Waals surface area contributed by atoms with Gasteiger partial charge in [-0.05, 0) is 66.8 Å². The predicted molar refractivity (Wildman–Crippen MR) is 134 cm³/mol. The van der Waals surface area contributed by atoms with Crippen molar-refractivity contribution in [2.24, 2.45) is 0 Å². The molecule has 0 bridgehead atoms. The number of nitrogens with zero attached hydrogens (tertiary/aromatic N) is 2. The van der Waals surface area contributed by atoms with Crippen LogP contribution in [0.15, 0.2) is 82.6 Å². The van der Waals surface area contributed by atoms with Crippen molar-refractivity contribution >= 4 is 35.3 Å². The summed E-state index contributed by atoms with van der Waals surface area (Å²) in [5.74, 6) is -0.440. The zero-order valence-corrected chi connectivity index (χ0v) is 19.6. The Morgan fingerprint density at radius 3 is 2.41 bits per heavy atom. The number of thioether (sulfide) groups is 1. The molecule has 2 aliphatic heterocycles. The molecule has 34 heavy (non-hydrogen) atoms. The second kappa shape index (κ2) is 9.85. The first-order chi connectivity index (χ1) is 16.6. The van der Waals surface area contributed by atoms with Crippen LogP contribution in [0.5, 0.6) is 0 Å². The van der Waals surface area contributed by atoms with Gasteiger partial charge in [0.2, 0.25) is 0 Å². The van der Waals surface area contributed by atoms with E-state index in [0.29, 0.717) is 22.7 Å². The van der Waals surface area contributed by atoms with Gasteiger partial charge in [-0.25, -0.2) is 4.39 Å². The molecule has 0 N–H and O–H groups in total. The van der Waals surface area contributed by atoms with Crippen molar-refractivity contribution in [2.45, 2.75) is 30.7 Å². The molecule has 0 radical (unpaired) electrons. The van der Waals surface area contributed by atoms with Gasteiger partial charge in [-0.2, -0.15) is 0 Å². The Labute approximate surface area is 203 Å². The van der Waals surface area contributed by atoms with Crippen molar-refractivity contribution in [1.82, 2.24) is 4.90 Å². The SMILES string of the molecule is O=C(c1ccc2c(c1)N(Cc1ccc(F)cc1)C(=O)/C(=C/c1ccccc1)S2)N1CCCCC1. The average Bonchev–Trinajstić information content (AvgIpc) is 2.88. The largest absolute Gasteiger partial charge is 0.339 e. The van der Waals surface area contributed by atoms with Crippen LogP contribution < -0.4 is 4.90 Å². The Kier molecular flexibility index (Phi) is 6.50. The molecule has 4 nitrogen and oxygen atoms in total. The molecule has 6 heteroatoms. The van der Waals surface area contributed by atoms with E-state index < -0.39 is 0 Å². The lowest BCUT2D eigenvalue weighted by Crippen LogP contribution is -2.36. The number of fused-ring (bicyclic) bond motifs is 1. The maximum absolute atomic E-state index is 13.6. The van der Waals surface area contributed by atoms with Crippen LogP contribution >= 0.6 is 11.8 Å². The number of hydrogen-bond acceptors (Lipinski definition) is 3. The maximum Gasteiger partial charge on any atom is 0.265 e. The number of anilines is 1. The molecule has 3 aromatic rings. The molecule has 1 saturated heterocycles. The Morgan fingerprint density at radius 2 is 1.68 bits per heavy atom. The Hall–Kier alpha value is -3.38. The van der Waals surface area contributed by atoms with Gasteiger partial charge in [0.1, 0.15) is 5.82 Å². The summed E-state index contributed by atoms with van der Waals surface area (Å²) < 4.78 is 13.5. The molecule has 2 aliphatic rings. The summed E-state index contributed by atoms with van der Waals surface area (Å²) in [6, 6.07) is 21.5. The van der Waals surface area contributed by atoms with Crippen molar-refractivity contribution in [1.29, 1.82) is 0 Å². The normalized spacial score (nSPS) is 17.1. The zero-order chi connectivity index (χ0) is 23.5. The van der Waals surface area contributed by atoms with Crippen molar-refractivity contribution in [3.05, 3.63) is 100 Å². The molecule has 0 spiro atoms. The second-order valence-corrected chi connectivity index (χ2v) is 9.66. The second-order valence-electron chi connectivity index (χ2n) is 8.57. The monoisotopic (exact) mass is 472 g/mol. The number of rotatable bonds is 4. The van der Waals surface area contributed by atoms with Gasteiger partial charge in [-0.1, -0.05) is 54.2 Å². The number of carbonyl (C=O) groups is 2. The van der Waals surface area contributed by atoms with E-state index in [1.807, 2.05) is 59.5 Å². The Bertz CT molecular complexity index is 1240. The number of carbonyl (C=O) groups excluding carboxylic acids is 2. The lowest BCUT2D eigenvalue weighted by molar-refractivity contribution is -0.114. The van der Waals surface area contributed by atoms with E-state index in [0.717, 1.165) is 48.4 Å². The minimum Gasteiger partial charge on any atom is -0.339 e. The molecule has 172 valence electrons. The minimum atomic E-state index is -0.316. The number of piperidine rings is 1. The average molecular weight is 473 g/mol. The molecule has 0 unspecified atom stereocenters. The van der Waals surface area contributed by atoms with Gasteiger partial charge >= 0.3 is 0 Å². The highest BCUT2D eigenvalue weighted by atomic mass is 32.2. The van der Waals surface area contributed by atoms with E-state index in [9.17, 15) is 14.0 Å². The number of amides is 2. The highest BCUT2D eigenvalue weighted by Gasteiger charge is 2.31. The van der Waals surface area contributed by atoms with Crippen LogP contribution in [0, 0.1) is 5.82 Å². The van der Waals surface area contributed by atoms with E-state index in [4.69, 9.17) is 0 Å². The topological polar surface area (TPSA) is 40.6 Å². The van der Waals surface area contributed by atoms with Crippen LogP contribution in [0.4, 0.5) is 10.1 Å². The lowest BCUT2D eigenvalue weighted by Gasteiger charge is -2.32. The fourth-order valence-electron chi connectivity index (χ4n) is 4.35. The van der Waals surface area contributed by atoms with Gasteiger partial charge in [0.15, 0.2) is 0 Å². The van der Waals surface area contributed by atoms with Crippen molar-refractivity contribution < 1.29 is 14.0 Å². The van der Waals surface area contributed by atoms with Gasteiger partial charge in [0, 0.05) is 23.5 Å². The number of likely N-dealkylation sites (tertiary alicyclic amines) is 1. The Balaban J connectivity index is 1.52. The van der Waals surface area contributed by atoms with E-state index >= 15 is 0 Å². The zero-order valence-electron chi connectivity index (χ0n) is 18.7. The summed E-state index contributed by atoms with van der Waals surface area (Å²) >= 11 is 1.42. The van der Waals surface area contributed by atoms with Crippen molar-refractivity contribution in [3.63, 3.8) is 0 Å². The first kappa shape index (κ1) is 22.4. The van der Waals surface area contributed by atoms with E-state index in [-0.39, 0.29) is 17.6 Å². The third kappa shape index (κ3) is 4.77. The van der Waals surface area contributed by atoms with Crippen LogP contribution in [0.25, 0.3) is 6.08 Å². The van der Waals surface area contributed by atoms with Crippen molar-refractivity contribution in [3.8, 4) is 0 Å². The summed E-state index contributed by atoms with van der Waals surface area (Å²) in [4.78, 5) is 31.9. The van der Waals surface area contributed by atoms with Crippen LogP contribution in [0.1, 0.15) is 40.7 Å². The fraction of sp³-hybridized carbons (Fsp3) is 0.214. The fourth-order valence-corrected chi connectivity index (χ4v) is 5.39. The molecular formula is C28H25FN2O2S. The summed E-state index contributed by atoms with van der Waals surface area (Å²) in [5.41, 5.74) is 3.07. The molecule has 0 saturated carbocycles. The molecule has 3 aromatic carbocycles. The van der Waals surface area contributed by atoms with Crippen LogP contribution in [0.3, 0.4) is 0 Å². The van der Waals surface area contributed by atoms with Gasteiger partial charge in [0.25, 0.3) is 11.8 Å². The van der Waals surface area contributed by atoms with Gasteiger partial charge in [-0.15, -0.1) is 0 Å². The minimum absolute atomic E-state index is 0.00676. The quantitative estimate of drug-likeness (QED) is 0.429. The smallest absolute Gasteiger partial charge is 0.265 e. The molecule has 2 amide bonds. The highest BCUT2D eigenvalue weighted by molar-refractivity contribution is 8.04. The van der Waals surface area contributed by atoms with Gasteiger partial charge < -0.3 is 9.80 Å². The van der Waals surface area contributed by atoms with Crippen LogP contribution in [0.2, 0.25) is 0 Å². The summed E-state index contributed by atoms with van der Waals surface area (Å²) in [7, 11) is 0. The van der Waals surface area contributed by atoms with Gasteiger partial charge in [-0.3, -0.25) is 9.59 Å². The van der Waals surface area contributed by atoms with E-state index in [1.165, 1.54) is 23.9 Å². The van der Waals surface area contributed by atoms with Crippen LogP contribution in [-0.4, -0.2) is 29.8 Å². The van der Waals surface area contributed by atoms with Gasteiger partial charge in [0.05, 0.1) is 17.1 Å². The Morgan fingerprint density at radius 1 is 0.941 bits per heavy atom. The molecule has 5 rings (SSSR count). The number of hydrogen-bond donors (Lipinski definition) is 0. The molecule has 0 atom stereocenters. The number of benzene rings is 3. The molecule has 0 aromatic heterocycles. The highest BCUT2D eigenvalue weighted by Crippen LogP contribution is 2.43. The molecular weight excluding hydrogens is 447 g/mol. The summed E-state index contributed by atoms with van der Waals surface area (Å²) in [5, 5.41) is 0. The van der Waals surface area contributed by atoms with E-state index in [2.05, 4.69) is 0 Å². The standard InChI is InChI=1S/C28H25FN2O2S/c29-23-12-9-21(10-13-23)19-31-24-18-22(27(32)30-15-5-2-6-16-30)11-14-25(24)34-26(28(31)33)17-20-7-3-1-4-8-20/h1,3-4,7-14,17-18H,2,5-6,15-16,19H2/b26-17-. The lowest BCUT2D eigenvalue weighted by atomic mass is 10.1. The summed E-state index contributed by atoms with van der Waals surface area (Å²) in [6.07, 6.45) is 5.09. The first-order valence-corrected chi connectivity index (χ1v) is 12.3. The third-order valence-electron chi connectivity index (χ3n) is 6.17. The molecule has 1 fully saturated rings. The first-order valence-electron chi connectivity index (χ1n) is 11.5. The van der Waals surface area contributed by atoms with Crippen molar-refractivity contribution in [2.75, 3.05) is 18.0 Å². The number of halogens is 1. The van der Waals surface area contributed by atoms with E-state index in [1.54, 1.807) is 17.0 Å². The third-order valence-corrected chi connectivity index (χ3v) is 7.24. The van der Waals surface area contributed by atoms with Crippen LogP contribution in [-0.2, 0) is 11.3 Å². The predicted octanol–water partition coefficient (Wildman–Crippen LogP) is 6.13. The summed E-state index contributed by atoms with van der Waals surface area (Å²) in [6.45, 7) is 1.83.